The summed E-state index contributed by atoms with van der Waals surface area (Å²) in [7, 11) is 0. The third kappa shape index (κ3) is 4.17. The van der Waals surface area contributed by atoms with Gasteiger partial charge >= 0.3 is 0 Å². The van der Waals surface area contributed by atoms with Crippen LogP contribution in [0, 0.1) is 17.5 Å². The Morgan fingerprint density at radius 3 is 2.45 bits per heavy atom. The summed E-state index contributed by atoms with van der Waals surface area (Å²) in [6.07, 6.45) is 0. The standard InChI is InChI=1S/C21H18F3N3O2/c22-16-6-4-14(5-7-16)19-12-18(25-29-19)21(28)27-10-8-26(9-11-27)13-15-2-1-3-17(23)20(15)24/h1-7,12H,8-11,13H2. The van der Waals surface area contributed by atoms with Crippen molar-refractivity contribution in [2.75, 3.05) is 26.2 Å². The Morgan fingerprint density at radius 2 is 1.72 bits per heavy atom. The van der Waals surface area contributed by atoms with Crippen molar-refractivity contribution in [3.8, 4) is 11.3 Å². The van der Waals surface area contributed by atoms with E-state index in [4.69, 9.17) is 4.52 Å². The van der Waals surface area contributed by atoms with Gasteiger partial charge in [-0.05, 0) is 30.3 Å². The van der Waals surface area contributed by atoms with Crippen molar-refractivity contribution in [2.45, 2.75) is 6.54 Å². The van der Waals surface area contributed by atoms with E-state index >= 15 is 0 Å². The van der Waals surface area contributed by atoms with Crippen LogP contribution in [0.15, 0.2) is 53.1 Å². The van der Waals surface area contributed by atoms with Crippen LogP contribution in [0.1, 0.15) is 16.1 Å². The van der Waals surface area contributed by atoms with E-state index in [1.165, 1.54) is 24.3 Å². The Bertz CT molecular complexity index is 1010. The van der Waals surface area contributed by atoms with E-state index in [0.717, 1.165) is 6.07 Å². The molecule has 1 aliphatic heterocycles. The van der Waals surface area contributed by atoms with Gasteiger partial charge in [0.1, 0.15) is 5.82 Å². The maximum absolute atomic E-state index is 13.8. The normalized spacial score (nSPS) is 14.9. The highest BCUT2D eigenvalue weighted by Crippen LogP contribution is 2.22. The second-order valence-electron chi connectivity index (χ2n) is 6.86. The van der Waals surface area contributed by atoms with Crippen molar-refractivity contribution in [3.05, 3.63) is 77.2 Å². The molecular weight excluding hydrogens is 383 g/mol. The van der Waals surface area contributed by atoms with Gasteiger partial charge in [0.2, 0.25) is 0 Å². The van der Waals surface area contributed by atoms with E-state index in [1.807, 2.05) is 4.90 Å². The van der Waals surface area contributed by atoms with Crippen LogP contribution >= 0.6 is 0 Å². The average molecular weight is 401 g/mol. The molecule has 2 aromatic carbocycles. The largest absolute Gasteiger partial charge is 0.355 e. The van der Waals surface area contributed by atoms with Crippen LogP contribution in [-0.4, -0.2) is 47.0 Å². The van der Waals surface area contributed by atoms with Gasteiger partial charge in [-0.15, -0.1) is 0 Å². The Hall–Kier alpha value is -3.13. The molecule has 1 amide bonds. The van der Waals surface area contributed by atoms with Crippen molar-refractivity contribution >= 4 is 5.91 Å². The van der Waals surface area contributed by atoms with E-state index in [-0.39, 0.29) is 24.0 Å². The second kappa shape index (κ2) is 8.08. The van der Waals surface area contributed by atoms with Gasteiger partial charge in [0.15, 0.2) is 23.1 Å². The molecule has 1 aliphatic rings. The Labute approximate surface area is 165 Å². The lowest BCUT2D eigenvalue weighted by molar-refractivity contribution is 0.0617. The number of aromatic nitrogens is 1. The molecule has 2 heterocycles. The predicted molar refractivity (Wildman–Crippen MR) is 99.4 cm³/mol. The number of piperazine rings is 1. The minimum Gasteiger partial charge on any atom is -0.355 e. The van der Waals surface area contributed by atoms with Gasteiger partial charge in [0.05, 0.1) is 0 Å². The number of hydrogen-bond donors (Lipinski definition) is 0. The summed E-state index contributed by atoms with van der Waals surface area (Å²) in [5, 5.41) is 3.83. The monoisotopic (exact) mass is 401 g/mol. The molecule has 0 radical (unpaired) electrons. The molecule has 1 aromatic heterocycles. The van der Waals surface area contributed by atoms with E-state index in [1.54, 1.807) is 23.1 Å². The van der Waals surface area contributed by atoms with E-state index in [2.05, 4.69) is 5.16 Å². The van der Waals surface area contributed by atoms with Gasteiger partial charge in [-0.2, -0.15) is 0 Å². The summed E-state index contributed by atoms with van der Waals surface area (Å²) in [4.78, 5) is 16.3. The average Bonchev–Trinajstić information content (AvgIpc) is 3.22. The van der Waals surface area contributed by atoms with E-state index < -0.39 is 11.6 Å². The quantitative estimate of drug-likeness (QED) is 0.669. The van der Waals surface area contributed by atoms with Crippen molar-refractivity contribution in [3.63, 3.8) is 0 Å². The van der Waals surface area contributed by atoms with Crippen LogP contribution in [0.3, 0.4) is 0 Å². The Kier molecular flexibility index (Phi) is 5.35. The van der Waals surface area contributed by atoms with Gasteiger partial charge in [-0.25, -0.2) is 13.2 Å². The molecular formula is C21H18F3N3O2. The van der Waals surface area contributed by atoms with Crippen LogP contribution < -0.4 is 0 Å². The van der Waals surface area contributed by atoms with Gasteiger partial charge in [0.25, 0.3) is 5.91 Å². The molecule has 0 atom stereocenters. The minimum absolute atomic E-state index is 0.175. The summed E-state index contributed by atoms with van der Waals surface area (Å²) in [5.41, 5.74) is 1.10. The fourth-order valence-electron chi connectivity index (χ4n) is 3.31. The van der Waals surface area contributed by atoms with Crippen molar-refractivity contribution < 1.29 is 22.5 Å². The first-order valence-corrected chi connectivity index (χ1v) is 9.18. The third-order valence-electron chi connectivity index (χ3n) is 4.94. The minimum atomic E-state index is -0.862. The highest BCUT2D eigenvalue weighted by molar-refractivity contribution is 5.93. The molecule has 0 N–H and O–H groups in total. The van der Waals surface area contributed by atoms with E-state index in [0.29, 0.717) is 43.1 Å². The molecule has 3 aromatic rings. The number of rotatable bonds is 4. The van der Waals surface area contributed by atoms with Gasteiger partial charge < -0.3 is 9.42 Å². The zero-order chi connectivity index (χ0) is 20.4. The first kappa shape index (κ1) is 19.2. The molecule has 0 saturated carbocycles. The smallest absolute Gasteiger partial charge is 0.276 e. The highest BCUT2D eigenvalue weighted by Gasteiger charge is 2.25. The number of benzene rings is 2. The van der Waals surface area contributed by atoms with Crippen molar-refractivity contribution in [1.29, 1.82) is 0 Å². The summed E-state index contributed by atoms with van der Waals surface area (Å²) in [6.45, 7) is 2.22. The van der Waals surface area contributed by atoms with Crippen molar-refractivity contribution in [2.24, 2.45) is 0 Å². The lowest BCUT2D eigenvalue weighted by atomic mass is 10.1. The summed E-state index contributed by atoms with van der Waals surface area (Å²) in [5.74, 6) is -1.94. The predicted octanol–water partition coefficient (Wildman–Crippen LogP) is 3.72. The molecule has 29 heavy (non-hydrogen) atoms. The topological polar surface area (TPSA) is 49.6 Å². The molecule has 1 saturated heterocycles. The van der Waals surface area contributed by atoms with Crippen LogP contribution in [0.4, 0.5) is 13.2 Å². The number of nitrogens with zero attached hydrogens (tertiary/aromatic N) is 3. The lowest BCUT2D eigenvalue weighted by Crippen LogP contribution is -2.48. The first-order chi connectivity index (χ1) is 14.0. The highest BCUT2D eigenvalue weighted by atomic mass is 19.2. The fourth-order valence-corrected chi connectivity index (χ4v) is 3.31. The van der Waals surface area contributed by atoms with Gasteiger partial charge in [-0.3, -0.25) is 9.69 Å². The molecule has 8 heteroatoms. The second-order valence-corrected chi connectivity index (χ2v) is 6.86. The zero-order valence-corrected chi connectivity index (χ0v) is 15.4. The number of amides is 1. The first-order valence-electron chi connectivity index (χ1n) is 9.18. The van der Waals surface area contributed by atoms with Crippen molar-refractivity contribution in [1.82, 2.24) is 15.0 Å². The molecule has 4 rings (SSSR count). The van der Waals surface area contributed by atoms with Gasteiger partial charge in [0, 0.05) is 49.9 Å². The molecule has 0 unspecified atom stereocenters. The molecule has 0 bridgehead atoms. The molecule has 150 valence electrons. The van der Waals surface area contributed by atoms with E-state index in [9.17, 15) is 18.0 Å². The molecule has 0 spiro atoms. The summed E-state index contributed by atoms with van der Waals surface area (Å²) < 4.78 is 45.5. The molecule has 5 nitrogen and oxygen atoms in total. The van der Waals surface area contributed by atoms with Crippen LogP contribution in [0.25, 0.3) is 11.3 Å². The van der Waals surface area contributed by atoms with Crippen LogP contribution in [0.5, 0.6) is 0 Å². The third-order valence-corrected chi connectivity index (χ3v) is 4.94. The fraction of sp³-hybridized carbons (Fsp3) is 0.238. The van der Waals surface area contributed by atoms with Gasteiger partial charge in [-0.1, -0.05) is 17.3 Å². The Balaban J connectivity index is 1.37. The lowest BCUT2D eigenvalue weighted by Gasteiger charge is -2.34. The zero-order valence-electron chi connectivity index (χ0n) is 15.4. The van der Waals surface area contributed by atoms with Crippen LogP contribution in [0.2, 0.25) is 0 Å². The number of carbonyl (C=O) groups excluding carboxylic acids is 1. The number of halogens is 3. The molecule has 1 fully saturated rings. The maximum atomic E-state index is 13.8. The van der Waals surface area contributed by atoms with Crippen LogP contribution in [-0.2, 0) is 6.54 Å². The molecule has 0 aliphatic carbocycles. The Morgan fingerprint density at radius 1 is 1.00 bits per heavy atom. The summed E-state index contributed by atoms with van der Waals surface area (Å²) in [6, 6.07) is 11.4. The summed E-state index contributed by atoms with van der Waals surface area (Å²) >= 11 is 0. The SMILES string of the molecule is O=C(c1cc(-c2ccc(F)cc2)on1)N1CCN(Cc2cccc(F)c2F)CC1. The number of carbonyl (C=O) groups is 1. The number of hydrogen-bond acceptors (Lipinski definition) is 4. The maximum Gasteiger partial charge on any atom is 0.276 e.